The van der Waals surface area contributed by atoms with E-state index in [-0.39, 0.29) is 5.28 Å². The SMILES string of the molecule is COC(=O)c1cc(-c2nc(Cl)ncc2Cl)ccc1CBr. The third-order valence-electron chi connectivity index (χ3n) is 2.65. The van der Waals surface area contributed by atoms with E-state index in [4.69, 9.17) is 27.9 Å². The second-order valence-corrected chi connectivity index (χ2v) is 5.14. The Kier molecular flexibility index (Phi) is 4.96. The Hall–Kier alpha value is -1.17. The maximum atomic E-state index is 11.8. The lowest BCUT2D eigenvalue weighted by molar-refractivity contribution is 0.0600. The Bertz CT molecular complexity index is 665. The summed E-state index contributed by atoms with van der Waals surface area (Å²) < 4.78 is 4.77. The van der Waals surface area contributed by atoms with E-state index in [1.807, 2.05) is 12.1 Å². The summed E-state index contributed by atoms with van der Waals surface area (Å²) in [5.74, 6) is -0.419. The molecule has 7 heteroatoms. The lowest BCUT2D eigenvalue weighted by atomic mass is 10.0. The molecule has 0 fully saturated rings. The lowest BCUT2D eigenvalue weighted by Gasteiger charge is -2.09. The summed E-state index contributed by atoms with van der Waals surface area (Å²) in [5.41, 5.74) is 2.41. The van der Waals surface area contributed by atoms with Crippen molar-refractivity contribution in [1.29, 1.82) is 0 Å². The van der Waals surface area contributed by atoms with Crippen LogP contribution in [0.4, 0.5) is 0 Å². The average Bonchev–Trinajstić information content (AvgIpc) is 2.48. The van der Waals surface area contributed by atoms with Gasteiger partial charge in [-0.1, -0.05) is 39.7 Å². The van der Waals surface area contributed by atoms with Gasteiger partial charge in [-0.2, -0.15) is 0 Å². The molecular formula is C13H9BrCl2N2O2. The van der Waals surface area contributed by atoms with Crippen molar-refractivity contribution in [2.75, 3.05) is 7.11 Å². The van der Waals surface area contributed by atoms with Gasteiger partial charge in [-0.05, 0) is 23.2 Å². The number of alkyl halides is 1. The van der Waals surface area contributed by atoms with Gasteiger partial charge in [-0.3, -0.25) is 0 Å². The summed E-state index contributed by atoms with van der Waals surface area (Å²) in [7, 11) is 1.33. The van der Waals surface area contributed by atoms with Crippen molar-refractivity contribution in [3.05, 3.63) is 45.8 Å². The standard InChI is InChI=1S/C13H9BrCl2N2O2/c1-20-12(19)9-4-7(2-3-8(9)5-14)11-10(15)6-17-13(16)18-11/h2-4,6H,5H2,1H3. The van der Waals surface area contributed by atoms with Crippen molar-refractivity contribution in [3.63, 3.8) is 0 Å². The molecule has 0 spiro atoms. The van der Waals surface area contributed by atoms with Crippen molar-refractivity contribution >= 4 is 45.1 Å². The van der Waals surface area contributed by atoms with Crippen LogP contribution in [-0.2, 0) is 10.1 Å². The average molecular weight is 376 g/mol. The summed E-state index contributed by atoms with van der Waals surface area (Å²) in [4.78, 5) is 19.7. The van der Waals surface area contributed by atoms with Crippen LogP contribution in [0.2, 0.25) is 10.3 Å². The van der Waals surface area contributed by atoms with Gasteiger partial charge in [-0.15, -0.1) is 0 Å². The van der Waals surface area contributed by atoms with Crippen LogP contribution in [0.25, 0.3) is 11.3 Å². The maximum absolute atomic E-state index is 11.8. The highest BCUT2D eigenvalue weighted by Crippen LogP contribution is 2.28. The fraction of sp³-hybridized carbons (Fsp3) is 0.154. The minimum atomic E-state index is -0.419. The number of hydrogen-bond donors (Lipinski definition) is 0. The van der Waals surface area contributed by atoms with Crippen molar-refractivity contribution in [2.45, 2.75) is 5.33 Å². The molecule has 0 aliphatic carbocycles. The molecule has 2 aromatic rings. The van der Waals surface area contributed by atoms with Crippen LogP contribution in [0.5, 0.6) is 0 Å². The molecule has 0 saturated carbocycles. The molecule has 2 rings (SSSR count). The van der Waals surface area contributed by atoms with Crippen molar-refractivity contribution in [2.24, 2.45) is 0 Å². The molecule has 0 radical (unpaired) electrons. The van der Waals surface area contributed by atoms with Crippen LogP contribution in [0.15, 0.2) is 24.4 Å². The van der Waals surface area contributed by atoms with E-state index >= 15 is 0 Å². The van der Waals surface area contributed by atoms with Gasteiger partial charge in [0.15, 0.2) is 0 Å². The van der Waals surface area contributed by atoms with Gasteiger partial charge in [0.1, 0.15) is 0 Å². The molecule has 104 valence electrons. The Morgan fingerprint density at radius 3 is 2.80 bits per heavy atom. The number of esters is 1. The van der Waals surface area contributed by atoms with Crippen molar-refractivity contribution in [1.82, 2.24) is 9.97 Å². The number of ether oxygens (including phenoxy) is 1. The summed E-state index contributed by atoms with van der Waals surface area (Å²) in [6.45, 7) is 0. The second-order valence-electron chi connectivity index (χ2n) is 3.83. The molecular weight excluding hydrogens is 367 g/mol. The van der Waals surface area contributed by atoms with Gasteiger partial charge in [0.25, 0.3) is 0 Å². The third-order valence-corrected chi connectivity index (χ3v) is 3.71. The van der Waals surface area contributed by atoms with Crippen LogP contribution in [0.3, 0.4) is 0 Å². The number of rotatable bonds is 3. The number of hydrogen-bond acceptors (Lipinski definition) is 4. The number of carbonyl (C=O) groups is 1. The number of aromatic nitrogens is 2. The number of methoxy groups -OCH3 is 1. The largest absolute Gasteiger partial charge is 0.465 e. The molecule has 1 aromatic carbocycles. The van der Waals surface area contributed by atoms with Crippen molar-refractivity contribution in [3.8, 4) is 11.3 Å². The molecule has 0 atom stereocenters. The molecule has 0 amide bonds. The molecule has 20 heavy (non-hydrogen) atoms. The van der Waals surface area contributed by atoms with Gasteiger partial charge in [0.05, 0.1) is 29.6 Å². The van der Waals surface area contributed by atoms with Crippen LogP contribution < -0.4 is 0 Å². The minimum absolute atomic E-state index is 0.0913. The molecule has 0 N–H and O–H groups in total. The Balaban J connectivity index is 2.58. The summed E-state index contributed by atoms with van der Waals surface area (Å²) in [6, 6.07) is 5.29. The zero-order valence-electron chi connectivity index (χ0n) is 10.4. The van der Waals surface area contributed by atoms with E-state index in [0.29, 0.717) is 27.2 Å². The summed E-state index contributed by atoms with van der Waals surface area (Å²) in [5, 5.41) is 0.987. The monoisotopic (exact) mass is 374 g/mol. The minimum Gasteiger partial charge on any atom is -0.465 e. The quantitative estimate of drug-likeness (QED) is 0.459. The Morgan fingerprint density at radius 1 is 1.40 bits per heavy atom. The molecule has 1 heterocycles. The van der Waals surface area contributed by atoms with E-state index in [0.717, 1.165) is 5.56 Å². The number of halogens is 3. The molecule has 4 nitrogen and oxygen atoms in total. The first-order valence-corrected chi connectivity index (χ1v) is 7.40. The highest BCUT2D eigenvalue weighted by Gasteiger charge is 2.15. The zero-order valence-corrected chi connectivity index (χ0v) is 13.5. The van der Waals surface area contributed by atoms with E-state index in [1.54, 1.807) is 6.07 Å². The van der Waals surface area contributed by atoms with Gasteiger partial charge in [0.2, 0.25) is 5.28 Å². The predicted octanol–water partition coefficient (Wildman–Crippen LogP) is 4.13. The van der Waals surface area contributed by atoms with Gasteiger partial charge in [-0.25, -0.2) is 14.8 Å². The first kappa shape index (κ1) is 15.2. The normalized spacial score (nSPS) is 10.4. The second kappa shape index (κ2) is 6.52. The van der Waals surface area contributed by atoms with E-state index < -0.39 is 5.97 Å². The first-order chi connectivity index (χ1) is 9.56. The molecule has 0 unspecified atom stereocenters. The van der Waals surface area contributed by atoms with Crippen LogP contribution in [-0.4, -0.2) is 23.0 Å². The van der Waals surface area contributed by atoms with E-state index in [2.05, 4.69) is 25.9 Å². The highest BCUT2D eigenvalue weighted by molar-refractivity contribution is 9.08. The van der Waals surface area contributed by atoms with E-state index in [9.17, 15) is 4.79 Å². The van der Waals surface area contributed by atoms with Gasteiger partial charge < -0.3 is 4.74 Å². The molecule has 1 aromatic heterocycles. The Morgan fingerprint density at radius 2 is 2.15 bits per heavy atom. The third kappa shape index (κ3) is 3.11. The van der Waals surface area contributed by atoms with Crippen LogP contribution >= 0.6 is 39.1 Å². The fourth-order valence-corrected chi connectivity index (χ4v) is 2.51. The molecule has 0 bridgehead atoms. The highest BCUT2D eigenvalue weighted by atomic mass is 79.9. The fourth-order valence-electron chi connectivity index (χ4n) is 1.69. The number of benzene rings is 1. The van der Waals surface area contributed by atoms with E-state index in [1.165, 1.54) is 13.3 Å². The zero-order chi connectivity index (χ0) is 14.7. The molecule has 0 saturated heterocycles. The summed E-state index contributed by atoms with van der Waals surface area (Å²) in [6.07, 6.45) is 1.42. The maximum Gasteiger partial charge on any atom is 0.338 e. The van der Waals surface area contributed by atoms with Crippen molar-refractivity contribution < 1.29 is 9.53 Å². The summed E-state index contributed by atoms with van der Waals surface area (Å²) >= 11 is 15.2. The number of nitrogens with zero attached hydrogens (tertiary/aromatic N) is 2. The lowest BCUT2D eigenvalue weighted by Crippen LogP contribution is -2.05. The molecule has 0 aliphatic heterocycles. The van der Waals surface area contributed by atoms with Gasteiger partial charge in [0, 0.05) is 10.9 Å². The van der Waals surface area contributed by atoms with Crippen LogP contribution in [0.1, 0.15) is 15.9 Å². The Labute approximate surface area is 134 Å². The topological polar surface area (TPSA) is 52.1 Å². The first-order valence-electron chi connectivity index (χ1n) is 5.52. The smallest absolute Gasteiger partial charge is 0.338 e. The van der Waals surface area contributed by atoms with Crippen LogP contribution in [0, 0.1) is 0 Å². The van der Waals surface area contributed by atoms with Gasteiger partial charge >= 0.3 is 5.97 Å². The molecule has 0 aliphatic rings. The number of carbonyl (C=O) groups excluding carboxylic acids is 1. The predicted molar refractivity (Wildman–Crippen MR) is 81.5 cm³/mol.